The quantitative estimate of drug-likeness (QED) is 0.591. The zero-order chi connectivity index (χ0) is 18.6. The van der Waals surface area contributed by atoms with Crippen LogP contribution in [0.4, 0.5) is 4.39 Å². The molecule has 1 heterocycles. The molecule has 0 bridgehead atoms. The van der Waals surface area contributed by atoms with Crippen molar-refractivity contribution in [1.82, 2.24) is 9.79 Å². The lowest BCUT2D eigenvalue weighted by Crippen LogP contribution is -2.44. The fourth-order valence-corrected chi connectivity index (χ4v) is 5.21. The largest absolute Gasteiger partial charge is 0.289 e. The van der Waals surface area contributed by atoms with Gasteiger partial charge >= 0.3 is 0 Å². The van der Waals surface area contributed by atoms with E-state index in [2.05, 4.69) is 0 Å². The van der Waals surface area contributed by atoms with E-state index in [4.69, 9.17) is 5.21 Å². The molecule has 0 aliphatic carbocycles. The van der Waals surface area contributed by atoms with E-state index in [1.807, 2.05) is 0 Å². The number of hydrogen-bond donors (Lipinski definition) is 2. The third-order valence-corrected chi connectivity index (χ3v) is 6.77. The predicted octanol–water partition coefficient (Wildman–Crippen LogP) is 2.11. The first-order valence-electron chi connectivity index (χ1n) is 8.42. The van der Waals surface area contributed by atoms with Gasteiger partial charge < -0.3 is 0 Å². The molecular formula is C17H25FN2O4S. The summed E-state index contributed by atoms with van der Waals surface area (Å²) in [6.07, 6.45) is 1.08. The molecule has 1 aromatic carbocycles. The molecule has 1 aliphatic rings. The molecule has 2 rings (SSSR count). The maximum atomic E-state index is 13.9. The van der Waals surface area contributed by atoms with Crippen molar-refractivity contribution in [2.45, 2.75) is 32.6 Å². The van der Waals surface area contributed by atoms with Crippen molar-refractivity contribution < 1.29 is 22.8 Å². The molecule has 1 aliphatic heterocycles. The van der Waals surface area contributed by atoms with E-state index >= 15 is 0 Å². The van der Waals surface area contributed by atoms with E-state index in [1.165, 1.54) is 10.4 Å². The summed E-state index contributed by atoms with van der Waals surface area (Å²) >= 11 is 0. The highest BCUT2D eigenvalue weighted by atomic mass is 32.2. The zero-order valence-electron chi connectivity index (χ0n) is 14.5. The average molecular weight is 372 g/mol. The van der Waals surface area contributed by atoms with Crippen LogP contribution in [0, 0.1) is 17.7 Å². The van der Waals surface area contributed by atoms with Gasteiger partial charge in [0.25, 0.3) is 0 Å². The second kappa shape index (κ2) is 8.25. The predicted molar refractivity (Wildman–Crippen MR) is 92.0 cm³/mol. The summed E-state index contributed by atoms with van der Waals surface area (Å²) in [4.78, 5) is 11.7. The van der Waals surface area contributed by atoms with Crippen LogP contribution in [0.15, 0.2) is 24.3 Å². The van der Waals surface area contributed by atoms with Crippen molar-refractivity contribution in [3.63, 3.8) is 0 Å². The number of hydroxylamine groups is 1. The number of carbonyl (C=O) groups excluding carboxylic acids is 1. The Morgan fingerprint density at radius 1 is 1.32 bits per heavy atom. The number of piperidine rings is 1. The summed E-state index contributed by atoms with van der Waals surface area (Å²) in [5.41, 5.74) is 2.17. The van der Waals surface area contributed by atoms with E-state index < -0.39 is 21.8 Å². The van der Waals surface area contributed by atoms with Crippen molar-refractivity contribution in [3.05, 3.63) is 35.6 Å². The molecule has 1 saturated heterocycles. The number of carbonyl (C=O) groups is 1. The Labute approximate surface area is 148 Å². The second-order valence-electron chi connectivity index (χ2n) is 6.80. The summed E-state index contributed by atoms with van der Waals surface area (Å²) in [6.45, 7) is 4.07. The molecule has 0 saturated carbocycles. The average Bonchev–Trinajstić information content (AvgIpc) is 2.59. The topological polar surface area (TPSA) is 86.7 Å². The minimum Gasteiger partial charge on any atom is -0.289 e. The molecule has 1 aromatic rings. The van der Waals surface area contributed by atoms with Gasteiger partial charge in [-0.2, -0.15) is 0 Å². The molecule has 2 N–H and O–H groups in total. The van der Waals surface area contributed by atoms with Gasteiger partial charge in [-0.25, -0.2) is 22.6 Å². The molecule has 0 radical (unpaired) electrons. The Kier molecular flexibility index (Phi) is 6.53. The number of rotatable bonds is 6. The van der Waals surface area contributed by atoms with Gasteiger partial charge in [0.1, 0.15) is 5.82 Å². The van der Waals surface area contributed by atoms with Gasteiger partial charge in [0.2, 0.25) is 15.9 Å². The van der Waals surface area contributed by atoms with Gasteiger partial charge in [-0.05, 0) is 36.3 Å². The van der Waals surface area contributed by atoms with Gasteiger partial charge in [0.15, 0.2) is 0 Å². The molecule has 0 spiro atoms. The van der Waals surface area contributed by atoms with Crippen LogP contribution in [0.3, 0.4) is 0 Å². The fraction of sp³-hybridized carbons (Fsp3) is 0.588. The highest BCUT2D eigenvalue weighted by Gasteiger charge is 2.34. The smallest absolute Gasteiger partial charge is 0.247 e. The van der Waals surface area contributed by atoms with Crippen LogP contribution in [-0.2, 0) is 14.8 Å². The maximum absolute atomic E-state index is 13.9. The van der Waals surface area contributed by atoms with Crippen LogP contribution in [0.5, 0.6) is 0 Å². The SMILES string of the molecule is CC(C)[C@@H](CS(=O)(=O)N1CCC(c2ccccc2F)CC1)C(=O)NO. The summed E-state index contributed by atoms with van der Waals surface area (Å²) in [6, 6.07) is 6.57. The number of nitrogens with one attached hydrogen (secondary N) is 1. The summed E-state index contributed by atoms with van der Waals surface area (Å²) in [5.74, 6) is -2.35. The first kappa shape index (κ1) is 19.8. The molecule has 8 heteroatoms. The summed E-state index contributed by atoms with van der Waals surface area (Å²) in [5, 5.41) is 8.80. The molecule has 140 valence electrons. The van der Waals surface area contributed by atoms with Crippen LogP contribution >= 0.6 is 0 Å². The maximum Gasteiger partial charge on any atom is 0.247 e. The Morgan fingerprint density at radius 2 is 1.92 bits per heavy atom. The Hall–Kier alpha value is -1.51. The van der Waals surface area contributed by atoms with Crippen LogP contribution in [0.25, 0.3) is 0 Å². The molecule has 1 fully saturated rings. The Balaban J connectivity index is 2.03. The van der Waals surface area contributed by atoms with Crippen LogP contribution in [0.1, 0.15) is 38.2 Å². The van der Waals surface area contributed by atoms with Gasteiger partial charge in [-0.15, -0.1) is 0 Å². The molecule has 1 amide bonds. The highest BCUT2D eigenvalue weighted by Crippen LogP contribution is 2.31. The first-order valence-corrected chi connectivity index (χ1v) is 10.0. The minimum atomic E-state index is -3.63. The zero-order valence-corrected chi connectivity index (χ0v) is 15.3. The van der Waals surface area contributed by atoms with Crippen molar-refractivity contribution >= 4 is 15.9 Å². The molecule has 0 aromatic heterocycles. The molecular weight excluding hydrogens is 347 g/mol. The normalized spacial score (nSPS) is 18.3. The van der Waals surface area contributed by atoms with Gasteiger partial charge in [-0.3, -0.25) is 10.0 Å². The molecule has 6 nitrogen and oxygen atoms in total. The van der Waals surface area contributed by atoms with Crippen molar-refractivity contribution in [1.29, 1.82) is 0 Å². The van der Waals surface area contributed by atoms with Crippen molar-refractivity contribution in [3.8, 4) is 0 Å². The van der Waals surface area contributed by atoms with E-state index in [0.29, 0.717) is 31.5 Å². The Morgan fingerprint density at radius 3 is 2.44 bits per heavy atom. The van der Waals surface area contributed by atoms with E-state index in [0.717, 1.165) is 0 Å². The van der Waals surface area contributed by atoms with Crippen molar-refractivity contribution in [2.24, 2.45) is 11.8 Å². The van der Waals surface area contributed by atoms with Gasteiger partial charge in [0, 0.05) is 13.1 Å². The standard InChI is InChI=1S/C17H25FN2O4S/c1-12(2)15(17(21)19-22)11-25(23,24)20-9-7-13(8-10-20)14-5-3-4-6-16(14)18/h3-6,12-13,15,22H,7-11H2,1-2H3,(H,19,21)/t15-/m1/s1. The third-order valence-electron chi connectivity index (χ3n) is 4.83. The van der Waals surface area contributed by atoms with Gasteiger partial charge in [-0.1, -0.05) is 32.0 Å². The van der Waals surface area contributed by atoms with Crippen LogP contribution < -0.4 is 5.48 Å². The number of amides is 1. The first-order chi connectivity index (χ1) is 11.8. The van der Waals surface area contributed by atoms with E-state index in [-0.39, 0.29) is 23.4 Å². The summed E-state index contributed by atoms with van der Waals surface area (Å²) < 4.78 is 40.5. The number of hydrogen-bond acceptors (Lipinski definition) is 4. The lowest BCUT2D eigenvalue weighted by atomic mass is 9.90. The minimum absolute atomic E-state index is 0.00529. The lowest BCUT2D eigenvalue weighted by molar-refractivity contribution is -0.134. The number of nitrogens with zero attached hydrogens (tertiary/aromatic N) is 1. The third kappa shape index (κ3) is 4.77. The molecule has 1 atom stereocenters. The number of halogens is 1. The second-order valence-corrected chi connectivity index (χ2v) is 8.81. The fourth-order valence-electron chi connectivity index (χ4n) is 3.24. The van der Waals surface area contributed by atoms with Crippen LogP contribution in [-0.4, -0.2) is 42.7 Å². The van der Waals surface area contributed by atoms with Crippen molar-refractivity contribution in [2.75, 3.05) is 18.8 Å². The molecule has 25 heavy (non-hydrogen) atoms. The number of sulfonamides is 1. The molecule has 0 unspecified atom stereocenters. The summed E-state index contributed by atoms with van der Waals surface area (Å²) in [7, 11) is -3.63. The number of benzene rings is 1. The highest BCUT2D eigenvalue weighted by molar-refractivity contribution is 7.89. The van der Waals surface area contributed by atoms with E-state index in [1.54, 1.807) is 37.5 Å². The van der Waals surface area contributed by atoms with Gasteiger partial charge in [0.05, 0.1) is 11.7 Å². The lowest BCUT2D eigenvalue weighted by Gasteiger charge is -2.32. The monoisotopic (exact) mass is 372 g/mol. The van der Waals surface area contributed by atoms with E-state index in [9.17, 15) is 17.6 Å². The Bertz CT molecular complexity index is 700. The van der Waals surface area contributed by atoms with Crippen LogP contribution in [0.2, 0.25) is 0 Å².